The average molecular weight is 402 g/mol. The summed E-state index contributed by atoms with van der Waals surface area (Å²) in [5.74, 6) is 0.375. The van der Waals surface area contributed by atoms with Crippen molar-refractivity contribution >= 4 is 10.0 Å². The van der Waals surface area contributed by atoms with E-state index in [1.807, 2.05) is 30.6 Å². The molecule has 0 saturated carbocycles. The highest BCUT2D eigenvalue weighted by molar-refractivity contribution is 7.89. The van der Waals surface area contributed by atoms with Crippen LogP contribution >= 0.6 is 0 Å². The maximum Gasteiger partial charge on any atom is 0.240 e. The lowest BCUT2D eigenvalue weighted by atomic mass is 9.96. The highest BCUT2D eigenvalue weighted by Gasteiger charge is 2.32. The topological polar surface area (TPSA) is 86.4 Å². The molecule has 0 radical (unpaired) electrons. The highest BCUT2D eigenvalue weighted by Crippen LogP contribution is 2.26. The van der Waals surface area contributed by atoms with Crippen LogP contribution in [0.25, 0.3) is 0 Å². The average Bonchev–Trinajstić information content (AvgIpc) is 3.24. The van der Waals surface area contributed by atoms with Gasteiger partial charge in [0, 0.05) is 25.0 Å². The number of rotatable bonds is 6. The standard InChI is InChI=1S/C20H27N5O2S/c26-28(27,18-4-2-1-3-5-18)22-15-16-8-12-25(13-9-16)20-14-19(23-24-20)17-6-10-21-11-7-17/h1-7,10-11,16,19-20,22-24H,8-9,12-15H2. The summed E-state index contributed by atoms with van der Waals surface area (Å²) < 4.78 is 27.5. The fraction of sp³-hybridized carbons (Fsp3) is 0.450. The molecule has 2 fully saturated rings. The van der Waals surface area contributed by atoms with Crippen molar-refractivity contribution < 1.29 is 8.42 Å². The Kier molecular flexibility index (Phi) is 6.03. The van der Waals surface area contributed by atoms with E-state index in [1.165, 1.54) is 5.56 Å². The van der Waals surface area contributed by atoms with Crippen LogP contribution in [-0.4, -0.2) is 44.1 Å². The minimum absolute atomic E-state index is 0.295. The molecule has 2 aliphatic heterocycles. The maximum atomic E-state index is 12.4. The number of likely N-dealkylation sites (tertiary alicyclic amines) is 1. The van der Waals surface area contributed by atoms with Crippen molar-refractivity contribution in [3.8, 4) is 0 Å². The zero-order valence-electron chi connectivity index (χ0n) is 15.8. The van der Waals surface area contributed by atoms with Crippen molar-refractivity contribution in [1.29, 1.82) is 0 Å². The molecule has 7 nitrogen and oxygen atoms in total. The van der Waals surface area contributed by atoms with Crippen molar-refractivity contribution in [2.24, 2.45) is 5.92 Å². The molecule has 150 valence electrons. The molecule has 4 rings (SSSR count). The maximum absolute atomic E-state index is 12.4. The largest absolute Gasteiger partial charge is 0.287 e. The summed E-state index contributed by atoms with van der Waals surface area (Å²) in [5.41, 5.74) is 8.04. The van der Waals surface area contributed by atoms with Crippen LogP contribution < -0.4 is 15.6 Å². The van der Waals surface area contributed by atoms with E-state index in [2.05, 4.69) is 25.5 Å². The fourth-order valence-corrected chi connectivity index (χ4v) is 5.11. The molecule has 2 saturated heterocycles. The summed E-state index contributed by atoms with van der Waals surface area (Å²) >= 11 is 0. The molecular formula is C20H27N5O2S. The summed E-state index contributed by atoms with van der Waals surface area (Å²) in [4.78, 5) is 6.86. The number of aromatic nitrogens is 1. The van der Waals surface area contributed by atoms with Gasteiger partial charge in [0.1, 0.15) is 0 Å². The van der Waals surface area contributed by atoms with Crippen molar-refractivity contribution in [3.05, 3.63) is 60.4 Å². The van der Waals surface area contributed by atoms with E-state index >= 15 is 0 Å². The van der Waals surface area contributed by atoms with Gasteiger partial charge in [-0.05, 0) is 68.1 Å². The van der Waals surface area contributed by atoms with Gasteiger partial charge in [0.15, 0.2) is 0 Å². The Hall–Kier alpha value is -1.84. The van der Waals surface area contributed by atoms with E-state index < -0.39 is 10.0 Å². The molecule has 3 N–H and O–H groups in total. The number of hydrogen-bond acceptors (Lipinski definition) is 6. The first kappa shape index (κ1) is 19.5. The van der Waals surface area contributed by atoms with Crippen molar-refractivity contribution in [2.75, 3.05) is 19.6 Å². The summed E-state index contributed by atoms with van der Waals surface area (Å²) in [6.07, 6.45) is 6.96. The normalized spacial score (nSPS) is 24.4. The zero-order chi connectivity index (χ0) is 19.4. The first-order valence-electron chi connectivity index (χ1n) is 9.81. The van der Waals surface area contributed by atoms with Crippen LogP contribution in [0.1, 0.15) is 30.9 Å². The second-order valence-corrected chi connectivity index (χ2v) is 9.28. The molecule has 3 heterocycles. The first-order chi connectivity index (χ1) is 13.6. The zero-order valence-corrected chi connectivity index (χ0v) is 16.6. The van der Waals surface area contributed by atoms with Crippen LogP contribution in [0.2, 0.25) is 0 Å². The van der Waals surface area contributed by atoms with Crippen molar-refractivity contribution in [3.63, 3.8) is 0 Å². The lowest BCUT2D eigenvalue weighted by molar-refractivity contribution is 0.120. The van der Waals surface area contributed by atoms with Gasteiger partial charge in [0.2, 0.25) is 10.0 Å². The minimum atomic E-state index is -3.42. The number of hydrogen-bond donors (Lipinski definition) is 3. The molecule has 1 aromatic heterocycles. The Labute approximate surface area is 166 Å². The van der Waals surface area contributed by atoms with Crippen LogP contribution in [0, 0.1) is 5.92 Å². The molecule has 28 heavy (non-hydrogen) atoms. The molecule has 2 unspecified atom stereocenters. The number of sulfonamides is 1. The van der Waals surface area contributed by atoms with Crippen LogP contribution in [0.5, 0.6) is 0 Å². The van der Waals surface area contributed by atoms with Gasteiger partial charge in [0.25, 0.3) is 0 Å². The lowest BCUT2D eigenvalue weighted by Gasteiger charge is -2.35. The van der Waals surface area contributed by atoms with E-state index in [0.29, 0.717) is 29.6 Å². The molecule has 2 aromatic rings. The number of hydrazine groups is 1. The number of piperidine rings is 1. The smallest absolute Gasteiger partial charge is 0.240 e. The molecule has 0 aliphatic carbocycles. The Morgan fingerprint density at radius 1 is 1.04 bits per heavy atom. The highest BCUT2D eigenvalue weighted by atomic mass is 32.2. The Morgan fingerprint density at radius 3 is 2.46 bits per heavy atom. The molecule has 8 heteroatoms. The van der Waals surface area contributed by atoms with E-state index in [4.69, 9.17) is 0 Å². The third-order valence-electron chi connectivity index (χ3n) is 5.70. The van der Waals surface area contributed by atoms with Gasteiger partial charge in [-0.2, -0.15) is 0 Å². The van der Waals surface area contributed by atoms with Gasteiger partial charge in [-0.1, -0.05) is 18.2 Å². The number of benzene rings is 1. The third-order valence-corrected chi connectivity index (χ3v) is 7.14. The van der Waals surface area contributed by atoms with Crippen LogP contribution in [0.15, 0.2) is 59.8 Å². The monoisotopic (exact) mass is 401 g/mol. The number of pyridine rings is 1. The van der Waals surface area contributed by atoms with Gasteiger partial charge < -0.3 is 0 Å². The van der Waals surface area contributed by atoms with E-state index in [9.17, 15) is 8.42 Å². The van der Waals surface area contributed by atoms with E-state index in [-0.39, 0.29) is 0 Å². The van der Waals surface area contributed by atoms with Gasteiger partial charge in [-0.25, -0.2) is 24.0 Å². The van der Waals surface area contributed by atoms with Crippen molar-refractivity contribution in [1.82, 2.24) is 25.5 Å². The lowest BCUT2D eigenvalue weighted by Crippen LogP contribution is -2.49. The van der Waals surface area contributed by atoms with Gasteiger partial charge in [-0.3, -0.25) is 9.88 Å². The number of nitrogens with one attached hydrogen (secondary N) is 3. The third kappa shape index (κ3) is 4.59. The summed E-state index contributed by atoms with van der Waals surface area (Å²) in [6.45, 7) is 2.45. The second kappa shape index (κ2) is 8.67. The predicted molar refractivity (Wildman–Crippen MR) is 108 cm³/mol. The van der Waals surface area contributed by atoms with E-state index in [0.717, 1.165) is 32.4 Å². The quantitative estimate of drug-likeness (QED) is 0.682. The van der Waals surface area contributed by atoms with Gasteiger partial charge >= 0.3 is 0 Å². The van der Waals surface area contributed by atoms with Crippen LogP contribution in [-0.2, 0) is 10.0 Å². The SMILES string of the molecule is O=S(=O)(NCC1CCN(C2CC(c3ccncc3)NN2)CC1)c1ccccc1. The fourth-order valence-electron chi connectivity index (χ4n) is 3.97. The predicted octanol–water partition coefficient (Wildman–Crippen LogP) is 1.64. The summed E-state index contributed by atoms with van der Waals surface area (Å²) in [7, 11) is -3.42. The van der Waals surface area contributed by atoms with Crippen LogP contribution in [0.4, 0.5) is 0 Å². The number of nitrogens with zero attached hydrogens (tertiary/aromatic N) is 2. The minimum Gasteiger partial charge on any atom is -0.287 e. The van der Waals surface area contributed by atoms with Crippen LogP contribution in [0.3, 0.4) is 0 Å². The van der Waals surface area contributed by atoms with E-state index in [1.54, 1.807) is 24.3 Å². The molecule has 1 aromatic carbocycles. The van der Waals surface area contributed by atoms with Crippen molar-refractivity contribution in [2.45, 2.75) is 36.4 Å². The Bertz CT molecular complexity index is 855. The molecule has 2 atom stereocenters. The Morgan fingerprint density at radius 2 is 1.75 bits per heavy atom. The summed E-state index contributed by atoms with van der Waals surface area (Å²) in [5, 5.41) is 0. The first-order valence-corrected chi connectivity index (χ1v) is 11.3. The molecule has 0 bridgehead atoms. The van der Waals surface area contributed by atoms with Gasteiger partial charge in [0.05, 0.1) is 11.1 Å². The molecule has 0 spiro atoms. The van der Waals surface area contributed by atoms with Gasteiger partial charge in [-0.15, -0.1) is 0 Å². The summed E-state index contributed by atoms with van der Waals surface area (Å²) in [6, 6.07) is 13.0. The molecular weight excluding hydrogens is 374 g/mol. The molecule has 2 aliphatic rings. The Balaban J connectivity index is 1.24. The second-order valence-electron chi connectivity index (χ2n) is 7.52. The molecule has 0 amide bonds.